The van der Waals surface area contributed by atoms with E-state index < -0.39 is 0 Å². The average Bonchev–Trinajstić information content (AvgIpc) is 2.54. The second-order valence-corrected chi connectivity index (χ2v) is 6.85. The van der Waals surface area contributed by atoms with Crippen molar-refractivity contribution in [1.82, 2.24) is 4.90 Å². The first-order chi connectivity index (χ1) is 11.0. The molecule has 0 spiro atoms. The van der Waals surface area contributed by atoms with Crippen LogP contribution in [0.2, 0.25) is 0 Å². The fourth-order valence-electron chi connectivity index (χ4n) is 3.70. The molecule has 1 aromatic carbocycles. The first-order valence-electron chi connectivity index (χ1n) is 8.48. The van der Waals surface area contributed by atoms with Gasteiger partial charge in [0.05, 0.1) is 12.6 Å². The highest BCUT2D eigenvalue weighted by molar-refractivity contribution is 5.79. The molecular weight excluding hydrogens is 295 g/mol. The average molecular weight is 320 g/mol. The van der Waals surface area contributed by atoms with Gasteiger partial charge in [-0.3, -0.25) is 4.79 Å². The number of morpholine rings is 1. The largest absolute Gasteiger partial charge is 0.367 e. The Morgan fingerprint density at radius 2 is 2.00 bits per heavy atom. The Labute approximate surface area is 136 Å². The molecule has 4 atom stereocenters. The van der Waals surface area contributed by atoms with Crippen molar-refractivity contribution < 1.29 is 13.9 Å². The van der Waals surface area contributed by atoms with Gasteiger partial charge in [-0.05, 0) is 43.9 Å². The van der Waals surface area contributed by atoms with Crippen molar-refractivity contribution >= 4 is 5.91 Å². The number of carbonyl (C=O) groups is 1. The fraction of sp³-hybridized carbons (Fsp3) is 0.611. The molecule has 0 bridgehead atoms. The predicted molar refractivity (Wildman–Crippen MR) is 86.2 cm³/mol. The molecule has 23 heavy (non-hydrogen) atoms. The summed E-state index contributed by atoms with van der Waals surface area (Å²) in [6.07, 6.45) is 3.53. The maximum Gasteiger partial charge on any atom is 0.225 e. The number of amides is 1. The molecule has 1 heterocycles. The Kier molecular flexibility index (Phi) is 4.97. The topological polar surface area (TPSA) is 55.6 Å². The van der Waals surface area contributed by atoms with Crippen molar-refractivity contribution in [2.24, 2.45) is 11.7 Å². The highest BCUT2D eigenvalue weighted by atomic mass is 19.1. The molecule has 0 radical (unpaired) electrons. The molecule has 5 heteroatoms. The van der Waals surface area contributed by atoms with Crippen LogP contribution in [-0.2, 0) is 9.53 Å². The Hall–Kier alpha value is -1.46. The minimum atomic E-state index is -0.262. The van der Waals surface area contributed by atoms with Gasteiger partial charge in [0, 0.05) is 18.5 Å². The van der Waals surface area contributed by atoms with Gasteiger partial charge in [0.15, 0.2) is 0 Å². The number of hydrogen-bond donors (Lipinski definition) is 1. The molecule has 2 N–H and O–H groups in total. The molecule has 2 aliphatic rings. The van der Waals surface area contributed by atoms with Gasteiger partial charge in [-0.1, -0.05) is 18.6 Å². The maximum atomic E-state index is 13.1. The SMILES string of the molecule is CC1CN(C(=O)C2CCCC(N)C2)CC(c2ccc(F)cc2)O1. The number of nitrogens with two attached hydrogens (primary N) is 1. The summed E-state index contributed by atoms with van der Waals surface area (Å²) in [7, 11) is 0. The van der Waals surface area contributed by atoms with Crippen LogP contribution in [-0.4, -0.2) is 36.0 Å². The summed E-state index contributed by atoms with van der Waals surface area (Å²) in [6.45, 7) is 3.12. The minimum absolute atomic E-state index is 0.0278. The summed E-state index contributed by atoms with van der Waals surface area (Å²) in [5, 5.41) is 0. The van der Waals surface area contributed by atoms with Crippen LogP contribution in [0.3, 0.4) is 0 Å². The van der Waals surface area contributed by atoms with E-state index >= 15 is 0 Å². The quantitative estimate of drug-likeness (QED) is 0.911. The van der Waals surface area contributed by atoms with Gasteiger partial charge in [0.1, 0.15) is 11.9 Å². The third-order valence-electron chi connectivity index (χ3n) is 4.88. The summed E-state index contributed by atoms with van der Waals surface area (Å²) in [4.78, 5) is 14.7. The predicted octanol–water partition coefficient (Wildman–Crippen LogP) is 2.63. The molecule has 1 aromatic rings. The Bertz CT molecular complexity index is 548. The van der Waals surface area contributed by atoms with Crippen LogP contribution in [0.1, 0.15) is 44.3 Å². The van der Waals surface area contributed by atoms with Crippen molar-refractivity contribution in [1.29, 1.82) is 0 Å². The third kappa shape index (κ3) is 3.90. The third-order valence-corrected chi connectivity index (χ3v) is 4.88. The first kappa shape index (κ1) is 16.4. The van der Waals surface area contributed by atoms with E-state index in [0.717, 1.165) is 31.2 Å². The molecule has 126 valence electrons. The van der Waals surface area contributed by atoms with Gasteiger partial charge in [-0.25, -0.2) is 4.39 Å². The van der Waals surface area contributed by atoms with Gasteiger partial charge in [0.25, 0.3) is 0 Å². The van der Waals surface area contributed by atoms with Gasteiger partial charge >= 0.3 is 0 Å². The molecular formula is C18H25FN2O2. The molecule has 4 nitrogen and oxygen atoms in total. The number of hydrogen-bond acceptors (Lipinski definition) is 3. The van der Waals surface area contributed by atoms with Crippen LogP contribution in [0.4, 0.5) is 4.39 Å². The normalized spacial score (nSPS) is 31.9. The molecule has 1 saturated heterocycles. The molecule has 2 fully saturated rings. The van der Waals surface area contributed by atoms with E-state index in [2.05, 4.69) is 0 Å². The minimum Gasteiger partial charge on any atom is -0.367 e. The number of halogens is 1. The van der Waals surface area contributed by atoms with Gasteiger partial charge in [-0.15, -0.1) is 0 Å². The van der Waals surface area contributed by atoms with Gasteiger partial charge in [0.2, 0.25) is 5.91 Å². The van der Waals surface area contributed by atoms with E-state index in [-0.39, 0.29) is 35.9 Å². The van der Waals surface area contributed by atoms with Gasteiger partial charge < -0.3 is 15.4 Å². The smallest absolute Gasteiger partial charge is 0.225 e. The molecule has 4 unspecified atom stereocenters. The molecule has 1 aliphatic heterocycles. The van der Waals surface area contributed by atoms with Crippen LogP contribution >= 0.6 is 0 Å². The zero-order chi connectivity index (χ0) is 16.4. The van der Waals surface area contributed by atoms with Gasteiger partial charge in [-0.2, -0.15) is 0 Å². The molecule has 1 amide bonds. The van der Waals surface area contributed by atoms with E-state index in [9.17, 15) is 9.18 Å². The van der Waals surface area contributed by atoms with E-state index in [0.29, 0.717) is 13.1 Å². The molecule has 3 rings (SSSR count). The lowest BCUT2D eigenvalue weighted by Gasteiger charge is -2.39. The summed E-state index contributed by atoms with van der Waals surface area (Å²) in [6, 6.07) is 6.48. The number of rotatable bonds is 2. The van der Waals surface area contributed by atoms with E-state index in [4.69, 9.17) is 10.5 Å². The van der Waals surface area contributed by atoms with Crippen LogP contribution < -0.4 is 5.73 Å². The maximum absolute atomic E-state index is 13.1. The second-order valence-electron chi connectivity index (χ2n) is 6.85. The van der Waals surface area contributed by atoms with E-state index in [1.165, 1.54) is 12.1 Å². The second kappa shape index (κ2) is 6.97. The van der Waals surface area contributed by atoms with Crippen LogP contribution in [0.15, 0.2) is 24.3 Å². The lowest BCUT2D eigenvalue weighted by molar-refractivity contribution is -0.150. The summed E-state index contributed by atoms with van der Waals surface area (Å²) in [5.41, 5.74) is 6.93. The molecule has 1 saturated carbocycles. The van der Waals surface area contributed by atoms with Crippen LogP contribution in [0.5, 0.6) is 0 Å². The monoisotopic (exact) mass is 320 g/mol. The van der Waals surface area contributed by atoms with E-state index in [1.807, 2.05) is 11.8 Å². The van der Waals surface area contributed by atoms with E-state index in [1.54, 1.807) is 12.1 Å². The Balaban J connectivity index is 1.70. The highest BCUT2D eigenvalue weighted by Crippen LogP contribution is 2.30. The zero-order valence-electron chi connectivity index (χ0n) is 13.6. The van der Waals surface area contributed by atoms with Crippen LogP contribution in [0, 0.1) is 11.7 Å². The molecule has 0 aromatic heterocycles. The van der Waals surface area contributed by atoms with Crippen molar-refractivity contribution in [2.45, 2.75) is 50.9 Å². The summed E-state index contributed by atoms with van der Waals surface area (Å²) in [5.74, 6) is -0.0259. The number of benzene rings is 1. The standard InChI is InChI=1S/C18H25FN2O2/c1-12-10-21(18(22)14-3-2-4-16(20)9-14)11-17(23-12)13-5-7-15(19)8-6-13/h5-8,12,14,16-17H,2-4,9-11,20H2,1H3. The Morgan fingerprint density at radius 1 is 1.26 bits per heavy atom. The van der Waals surface area contributed by atoms with Crippen molar-refractivity contribution in [3.8, 4) is 0 Å². The lowest BCUT2D eigenvalue weighted by atomic mass is 9.85. The lowest BCUT2D eigenvalue weighted by Crippen LogP contribution is -2.49. The summed E-state index contributed by atoms with van der Waals surface area (Å²) < 4.78 is 19.1. The van der Waals surface area contributed by atoms with Crippen molar-refractivity contribution in [3.63, 3.8) is 0 Å². The number of carbonyl (C=O) groups excluding carboxylic acids is 1. The zero-order valence-corrected chi connectivity index (χ0v) is 13.6. The first-order valence-corrected chi connectivity index (χ1v) is 8.48. The Morgan fingerprint density at radius 3 is 2.70 bits per heavy atom. The number of nitrogens with zero attached hydrogens (tertiary/aromatic N) is 1. The highest BCUT2D eigenvalue weighted by Gasteiger charge is 2.34. The van der Waals surface area contributed by atoms with Crippen molar-refractivity contribution in [3.05, 3.63) is 35.6 Å². The molecule has 1 aliphatic carbocycles. The van der Waals surface area contributed by atoms with Crippen LogP contribution in [0.25, 0.3) is 0 Å². The fourth-order valence-corrected chi connectivity index (χ4v) is 3.70. The number of ether oxygens (including phenoxy) is 1. The van der Waals surface area contributed by atoms with Crippen molar-refractivity contribution in [2.75, 3.05) is 13.1 Å². The summed E-state index contributed by atoms with van der Waals surface area (Å²) >= 11 is 0.